The van der Waals surface area contributed by atoms with E-state index in [9.17, 15) is 9.59 Å². The summed E-state index contributed by atoms with van der Waals surface area (Å²) in [6.45, 7) is 1.05. The lowest BCUT2D eigenvalue weighted by molar-refractivity contribution is 0.102. The molecule has 0 aliphatic carbocycles. The van der Waals surface area contributed by atoms with Crippen LogP contribution in [0.4, 0.5) is 21.9 Å². The summed E-state index contributed by atoms with van der Waals surface area (Å²) in [5, 5.41) is 7.09. The number of halogens is 2. The molecule has 10 heteroatoms. The first kappa shape index (κ1) is 25.2. The van der Waals surface area contributed by atoms with E-state index in [4.69, 9.17) is 23.2 Å². The van der Waals surface area contributed by atoms with Crippen molar-refractivity contribution in [2.75, 3.05) is 42.7 Å². The molecule has 0 aliphatic heterocycles. The summed E-state index contributed by atoms with van der Waals surface area (Å²) in [4.78, 5) is 37.6. The van der Waals surface area contributed by atoms with E-state index in [-0.39, 0.29) is 21.6 Å². The van der Waals surface area contributed by atoms with Crippen LogP contribution < -0.4 is 15.5 Å². The lowest BCUT2D eigenvalue weighted by Crippen LogP contribution is -2.37. The maximum atomic E-state index is 12.9. The second-order valence-electron chi connectivity index (χ2n) is 8.10. The van der Waals surface area contributed by atoms with Crippen LogP contribution in [0.25, 0.3) is 10.9 Å². The van der Waals surface area contributed by atoms with Gasteiger partial charge >= 0.3 is 6.03 Å². The normalized spacial score (nSPS) is 10.7. The third-order valence-electron chi connectivity index (χ3n) is 5.63. The van der Waals surface area contributed by atoms with Crippen LogP contribution in [0.3, 0.4) is 0 Å². The molecule has 0 saturated heterocycles. The number of carbonyl (C=O) groups excluding carboxylic acids is 2. The van der Waals surface area contributed by atoms with Gasteiger partial charge in [0, 0.05) is 50.7 Å². The van der Waals surface area contributed by atoms with Crippen molar-refractivity contribution in [3.8, 4) is 0 Å². The minimum Gasteiger partial charge on any atom is -0.372 e. The fourth-order valence-corrected chi connectivity index (χ4v) is 4.24. The van der Waals surface area contributed by atoms with E-state index in [1.165, 1.54) is 0 Å². The van der Waals surface area contributed by atoms with Crippen molar-refractivity contribution < 1.29 is 9.59 Å². The van der Waals surface area contributed by atoms with E-state index >= 15 is 0 Å². The van der Waals surface area contributed by atoms with Crippen LogP contribution in [-0.4, -0.2) is 54.0 Å². The largest absolute Gasteiger partial charge is 0.372 e. The smallest absolute Gasteiger partial charge is 0.321 e. The summed E-state index contributed by atoms with van der Waals surface area (Å²) < 4.78 is 0. The molecule has 0 unspecified atom stereocenters. The Kier molecular flexibility index (Phi) is 7.87. The van der Waals surface area contributed by atoms with Crippen LogP contribution in [0, 0.1) is 0 Å². The zero-order valence-corrected chi connectivity index (χ0v) is 21.2. The quantitative estimate of drug-likeness (QED) is 0.320. The Morgan fingerprint density at radius 2 is 1.64 bits per heavy atom. The summed E-state index contributed by atoms with van der Waals surface area (Å²) in [5.41, 5.74) is 2.92. The first-order chi connectivity index (χ1) is 17.3. The minimum atomic E-state index is -0.417. The van der Waals surface area contributed by atoms with E-state index in [0.717, 1.165) is 11.1 Å². The number of benzene rings is 2. The van der Waals surface area contributed by atoms with Gasteiger partial charge in [-0.25, -0.2) is 4.79 Å². The molecule has 0 aliphatic rings. The van der Waals surface area contributed by atoms with Crippen molar-refractivity contribution >= 4 is 63.1 Å². The van der Waals surface area contributed by atoms with Crippen molar-refractivity contribution in [2.45, 2.75) is 0 Å². The molecular formula is C26H24Cl2N6O2. The molecule has 0 fully saturated rings. The molecule has 0 radical (unpaired) electrons. The van der Waals surface area contributed by atoms with Crippen molar-refractivity contribution in [3.63, 3.8) is 0 Å². The monoisotopic (exact) mass is 522 g/mol. The summed E-state index contributed by atoms with van der Waals surface area (Å²) >= 11 is 12.4. The van der Waals surface area contributed by atoms with Gasteiger partial charge in [-0.3, -0.25) is 14.8 Å². The van der Waals surface area contributed by atoms with Gasteiger partial charge in [0.05, 0.1) is 38.7 Å². The lowest BCUT2D eigenvalue weighted by atomic mass is 10.1. The number of carbonyl (C=O) groups is 2. The number of nitrogens with one attached hydrogen (secondary N) is 2. The number of pyridine rings is 2. The first-order valence-corrected chi connectivity index (χ1v) is 11.9. The van der Waals surface area contributed by atoms with Gasteiger partial charge in [-0.05, 0) is 36.4 Å². The number of likely N-dealkylation sites (N-methyl/N-ethyl adjacent to an activating group) is 2. The van der Waals surface area contributed by atoms with Gasteiger partial charge in [-0.15, -0.1) is 0 Å². The van der Waals surface area contributed by atoms with Gasteiger partial charge in [0.25, 0.3) is 5.91 Å². The highest BCUT2D eigenvalue weighted by Gasteiger charge is 2.17. The predicted octanol–water partition coefficient (Wildman–Crippen LogP) is 5.79. The first-order valence-electron chi connectivity index (χ1n) is 11.1. The number of urea groups is 1. The fourth-order valence-electron chi connectivity index (χ4n) is 3.67. The Morgan fingerprint density at radius 1 is 0.889 bits per heavy atom. The Hall–Kier alpha value is -3.88. The van der Waals surface area contributed by atoms with Gasteiger partial charge in [-0.1, -0.05) is 41.4 Å². The number of hydrogen-bond donors (Lipinski definition) is 2. The van der Waals surface area contributed by atoms with Gasteiger partial charge in [-0.2, -0.15) is 0 Å². The highest BCUT2D eigenvalue weighted by Crippen LogP contribution is 2.31. The Balaban J connectivity index is 1.49. The van der Waals surface area contributed by atoms with Crippen molar-refractivity contribution in [2.24, 2.45) is 0 Å². The van der Waals surface area contributed by atoms with E-state index in [1.807, 2.05) is 30.1 Å². The van der Waals surface area contributed by atoms with Gasteiger partial charge in [0.2, 0.25) is 0 Å². The highest BCUT2D eigenvalue weighted by molar-refractivity contribution is 6.40. The summed E-state index contributed by atoms with van der Waals surface area (Å²) in [7, 11) is 3.67. The number of nitrogens with zero attached hydrogens (tertiary/aromatic N) is 4. The SMILES string of the molecule is CN(CCN(C)c1ccnc2c(NC(=O)c3c(Cl)cccc3Cl)cccc12)C(=O)Nc1cccnc1. The molecule has 2 aromatic heterocycles. The predicted molar refractivity (Wildman–Crippen MR) is 145 cm³/mol. The van der Waals surface area contributed by atoms with Crippen LogP contribution in [0.2, 0.25) is 10.0 Å². The standard InChI is InChI=1S/C26H24Cl2N6O2/c1-33(14-15-34(2)26(36)31-17-6-5-12-29-16-17)22-11-13-30-24-18(22)7-3-10-21(24)32-25(35)23-19(27)8-4-9-20(23)28/h3-13,16H,14-15H2,1-2H3,(H,31,36)(H,32,35). The van der Waals surface area contributed by atoms with Gasteiger partial charge < -0.3 is 20.4 Å². The number of rotatable bonds is 7. The molecule has 4 aromatic rings. The maximum absolute atomic E-state index is 12.9. The molecule has 8 nitrogen and oxygen atoms in total. The van der Waals surface area contributed by atoms with Gasteiger partial charge in [0.15, 0.2) is 0 Å². The molecule has 2 N–H and O–H groups in total. The summed E-state index contributed by atoms with van der Waals surface area (Å²) in [6.07, 6.45) is 4.93. The van der Waals surface area contributed by atoms with Crippen LogP contribution >= 0.6 is 23.2 Å². The number of aromatic nitrogens is 2. The average molecular weight is 523 g/mol. The lowest BCUT2D eigenvalue weighted by Gasteiger charge is -2.25. The second-order valence-corrected chi connectivity index (χ2v) is 8.91. The molecule has 3 amide bonds. The Labute approximate surface area is 218 Å². The molecule has 0 atom stereocenters. The van der Waals surface area contributed by atoms with Crippen LogP contribution in [-0.2, 0) is 0 Å². The molecule has 4 rings (SSSR count). The third kappa shape index (κ3) is 5.67. The maximum Gasteiger partial charge on any atom is 0.321 e. The third-order valence-corrected chi connectivity index (χ3v) is 6.26. The average Bonchev–Trinajstić information content (AvgIpc) is 2.87. The molecule has 2 heterocycles. The molecule has 36 heavy (non-hydrogen) atoms. The molecule has 0 bridgehead atoms. The van der Waals surface area contributed by atoms with Crippen LogP contribution in [0.15, 0.2) is 73.2 Å². The Morgan fingerprint density at radius 3 is 2.36 bits per heavy atom. The van der Waals surface area contributed by atoms with E-state index in [2.05, 4.69) is 20.6 Å². The van der Waals surface area contributed by atoms with E-state index < -0.39 is 5.91 Å². The van der Waals surface area contributed by atoms with E-state index in [1.54, 1.807) is 66.9 Å². The number of para-hydroxylation sites is 1. The molecule has 0 saturated carbocycles. The van der Waals surface area contributed by atoms with Crippen LogP contribution in [0.5, 0.6) is 0 Å². The zero-order chi connectivity index (χ0) is 25.7. The number of hydrogen-bond acceptors (Lipinski definition) is 5. The van der Waals surface area contributed by atoms with Gasteiger partial charge in [0.1, 0.15) is 0 Å². The van der Waals surface area contributed by atoms with Crippen molar-refractivity contribution in [1.29, 1.82) is 0 Å². The topological polar surface area (TPSA) is 90.5 Å². The highest BCUT2D eigenvalue weighted by atomic mass is 35.5. The molecule has 2 aromatic carbocycles. The Bertz CT molecular complexity index is 1380. The number of anilines is 3. The number of fused-ring (bicyclic) bond motifs is 1. The minimum absolute atomic E-state index is 0.207. The molecular weight excluding hydrogens is 499 g/mol. The van der Waals surface area contributed by atoms with Crippen molar-refractivity contribution in [3.05, 3.63) is 88.8 Å². The van der Waals surface area contributed by atoms with Crippen LogP contribution in [0.1, 0.15) is 10.4 Å². The van der Waals surface area contributed by atoms with E-state index in [0.29, 0.717) is 30.0 Å². The summed E-state index contributed by atoms with van der Waals surface area (Å²) in [5.74, 6) is -0.417. The molecule has 184 valence electrons. The zero-order valence-electron chi connectivity index (χ0n) is 19.7. The summed E-state index contributed by atoms with van der Waals surface area (Å²) in [6, 6.07) is 15.7. The number of amides is 3. The fraction of sp³-hybridized carbons (Fsp3) is 0.154. The molecule has 0 spiro atoms. The second kappa shape index (κ2) is 11.2. The van der Waals surface area contributed by atoms with Crippen molar-refractivity contribution in [1.82, 2.24) is 14.9 Å².